The monoisotopic (exact) mass is 313 g/mol. The van der Waals surface area contributed by atoms with Gasteiger partial charge in [0.2, 0.25) is 0 Å². The molecule has 3 nitrogen and oxygen atoms in total. The number of thioether (sulfide) groups is 1. The molecule has 1 aromatic carbocycles. The Morgan fingerprint density at radius 3 is 2.90 bits per heavy atom. The third-order valence-electron chi connectivity index (χ3n) is 3.55. The molecule has 20 heavy (non-hydrogen) atoms. The van der Waals surface area contributed by atoms with Gasteiger partial charge in [0.1, 0.15) is 0 Å². The molecule has 1 N–H and O–H groups in total. The number of hydrogen-bond acceptors (Lipinski definition) is 4. The fraction of sp³-hybridized carbons (Fsp3) is 0.600. The van der Waals surface area contributed by atoms with E-state index in [1.807, 2.05) is 0 Å². The predicted octanol–water partition coefficient (Wildman–Crippen LogP) is 3.03. The van der Waals surface area contributed by atoms with Gasteiger partial charge in [-0.2, -0.15) is 0 Å². The molecule has 0 radical (unpaired) electrons. The van der Waals surface area contributed by atoms with Crippen molar-refractivity contribution in [3.05, 3.63) is 29.8 Å². The number of nitrogens with one attached hydrogen (secondary N) is 1. The van der Waals surface area contributed by atoms with E-state index in [0.29, 0.717) is 17.5 Å². The first kappa shape index (κ1) is 15.9. The van der Waals surface area contributed by atoms with Crippen LogP contribution in [0.4, 0.5) is 0 Å². The highest BCUT2D eigenvalue weighted by Gasteiger charge is 2.28. The lowest BCUT2D eigenvalue weighted by Crippen LogP contribution is -2.19. The standard InChI is InChI=1S/C15H23NO2S2/c1-3-8-16-12(2)13-5-4-6-14(10-13)19-15-7-9-20(17,18)11-15/h4-6,10,12,15-16H,3,7-9,11H2,1-2H3. The van der Waals surface area contributed by atoms with Gasteiger partial charge in [-0.05, 0) is 44.0 Å². The maximum atomic E-state index is 11.5. The van der Waals surface area contributed by atoms with Crippen molar-refractivity contribution in [1.29, 1.82) is 0 Å². The third-order valence-corrected chi connectivity index (χ3v) is 6.79. The molecule has 0 spiro atoms. The Morgan fingerprint density at radius 2 is 2.25 bits per heavy atom. The van der Waals surface area contributed by atoms with Crippen molar-refractivity contribution < 1.29 is 8.42 Å². The van der Waals surface area contributed by atoms with E-state index in [4.69, 9.17) is 0 Å². The molecule has 1 heterocycles. The van der Waals surface area contributed by atoms with Gasteiger partial charge in [-0.1, -0.05) is 19.1 Å². The topological polar surface area (TPSA) is 46.2 Å². The Hall–Kier alpha value is -0.520. The highest BCUT2D eigenvalue weighted by Crippen LogP contribution is 2.32. The minimum atomic E-state index is -2.79. The first-order chi connectivity index (χ1) is 9.50. The van der Waals surface area contributed by atoms with Crippen molar-refractivity contribution >= 4 is 21.6 Å². The quantitative estimate of drug-likeness (QED) is 0.877. The Bertz CT molecular complexity index is 543. The number of rotatable bonds is 6. The summed E-state index contributed by atoms with van der Waals surface area (Å²) < 4.78 is 23.0. The fourth-order valence-electron chi connectivity index (χ4n) is 2.38. The molecule has 0 amide bonds. The molecule has 0 aliphatic carbocycles. The van der Waals surface area contributed by atoms with Crippen LogP contribution in [-0.2, 0) is 9.84 Å². The van der Waals surface area contributed by atoms with Crippen LogP contribution >= 0.6 is 11.8 Å². The second-order valence-electron chi connectivity index (χ2n) is 5.39. The molecule has 5 heteroatoms. The molecule has 112 valence electrons. The number of hydrogen-bond donors (Lipinski definition) is 1. The zero-order valence-electron chi connectivity index (χ0n) is 12.1. The van der Waals surface area contributed by atoms with Crippen LogP contribution in [-0.4, -0.2) is 31.7 Å². The summed E-state index contributed by atoms with van der Waals surface area (Å²) in [5.74, 6) is 0.671. The lowest BCUT2D eigenvalue weighted by molar-refractivity contribution is 0.570. The lowest BCUT2D eigenvalue weighted by Gasteiger charge is -2.15. The molecule has 1 saturated heterocycles. The fourth-order valence-corrected chi connectivity index (χ4v) is 5.95. The predicted molar refractivity (Wildman–Crippen MR) is 86.1 cm³/mol. The normalized spacial score (nSPS) is 22.8. The zero-order valence-corrected chi connectivity index (χ0v) is 13.8. The van der Waals surface area contributed by atoms with Gasteiger partial charge < -0.3 is 5.32 Å². The van der Waals surface area contributed by atoms with Crippen LogP contribution in [0, 0.1) is 0 Å². The first-order valence-corrected chi connectivity index (χ1v) is 9.90. The minimum absolute atomic E-state index is 0.217. The smallest absolute Gasteiger partial charge is 0.151 e. The van der Waals surface area contributed by atoms with E-state index in [9.17, 15) is 8.42 Å². The molecule has 2 atom stereocenters. The Labute approximate surface area is 126 Å². The molecular weight excluding hydrogens is 290 g/mol. The SMILES string of the molecule is CCCNC(C)c1cccc(SC2CCS(=O)(=O)C2)c1. The van der Waals surface area contributed by atoms with Gasteiger partial charge in [-0.15, -0.1) is 11.8 Å². The molecule has 0 bridgehead atoms. The van der Waals surface area contributed by atoms with Crippen LogP contribution in [0.3, 0.4) is 0 Å². The molecule has 1 aliphatic heterocycles. The molecule has 0 saturated carbocycles. The van der Waals surface area contributed by atoms with E-state index < -0.39 is 9.84 Å². The summed E-state index contributed by atoms with van der Waals surface area (Å²) in [5, 5.41) is 3.69. The molecule has 1 aliphatic rings. The van der Waals surface area contributed by atoms with Crippen LogP contribution in [0.2, 0.25) is 0 Å². The molecule has 0 aromatic heterocycles. The molecular formula is C15H23NO2S2. The third kappa shape index (κ3) is 4.50. The summed E-state index contributed by atoms with van der Waals surface area (Å²) >= 11 is 1.70. The largest absolute Gasteiger partial charge is 0.310 e. The Balaban J connectivity index is 1.99. The molecule has 1 aromatic rings. The van der Waals surface area contributed by atoms with Crippen molar-refractivity contribution in [3.63, 3.8) is 0 Å². The summed E-state index contributed by atoms with van der Waals surface area (Å²) in [6.45, 7) is 5.34. The van der Waals surface area contributed by atoms with Gasteiger partial charge in [0.15, 0.2) is 9.84 Å². The van der Waals surface area contributed by atoms with Crippen molar-refractivity contribution in [2.75, 3.05) is 18.1 Å². The van der Waals surface area contributed by atoms with Crippen LogP contribution in [0.5, 0.6) is 0 Å². The lowest BCUT2D eigenvalue weighted by atomic mass is 10.1. The highest BCUT2D eigenvalue weighted by atomic mass is 32.2. The van der Waals surface area contributed by atoms with E-state index >= 15 is 0 Å². The van der Waals surface area contributed by atoms with Gasteiger partial charge >= 0.3 is 0 Å². The van der Waals surface area contributed by atoms with E-state index in [1.165, 1.54) is 10.5 Å². The van der Waals surface area contributed by atoms with Gasteiger partial charge in [-0.3, -0.25) is 0 Å². The summed E-state index contributed by atoms with van der Waals surface area (Å²) in [4.78, 5) is 1.18. The summed E-state index contributed by atoms with van der Waals surface area (Å²) in [6, 6.07) is 8.78. The molecule has 1 fully saturated rings. The second kappa shape index (κ2) is 6.96. The molecule has 2 unspecified atom stereocenters. The van der Waals surface area contributed by atoms with Crippen molar-refractivity contribution in [2.45, 2.75) is 42.9 Å². The molecule has 2 rings (SSSR count). The van der Waals surface area contributed by atoms with Crippen LogP contribution < -0.4 is 5.32 Å². The van der Waals surface area contributed by atoms with Gasteiger partial charge in [0, 0.05) is 16.2 Å². The van der Waals surface area contributed by atoms with Crippen molar-refractivity contribution in [3.8, 4) is 0 Å². The van der Waals surface area contributed by atoms with E-state index in [0.717, 1.165) is 19.4 Å². The first-order valence-electron chi connectivity index (χ1n) is 7.20. The van der Waals surface area contributed by atoms with E-state index in [2.05, 4.69) is 43.4 Å². The average Bonchev–Trinajstić information content (AvgIpc) is 2.75. The number of benzene rings is 1. The average molecular weight is 313 g/mol. The van der Waals surface area contributed by atoms with Crippen molar-refractivity contribution in [2.24, 2.45) is 0 Å². The Morgan fingerprint density at radius 1 is 1.45 bits per heavy atom. The maximum absolute atomic E-state index is 11.5. The summed E-state index contributed by atoms with van der Waals surface area (Å²) in [7, 11) is -2.79. The van der Waals surface area contributed by atoms with Gasteiger partial charge in [0.05, 0.1) is 11.5 Å². The summed E-state index contributed by atoms with van der Waals surface area (Å²) in [6.07, 6.45) is 1.90. The van der Waals surface area contributed by atoms with Crippen molar-refractivity contribution in [1.82, 2.24) is 5.32 Å². The van der Waals surface area contributed by atoms with E-state index in [1.54, 1.807) is 11.8 Å². The minimum Gasteiger partial charge on any atom is -0.310 e. The Kier molecular flexibility index (Phi) is 5.52. The van der Waals surface area contributed by atoms with E-state index in [-0.39, 0.29) is 5.25 Å². The highest BCUT2D eigenvalue weighted by molar-refractivity contribution is 8.01. The summed E-state index contributed by atoms with van der Waals surface area (Å²) in [5.41, 5.74) is 1.27. The van der Waals surface area contributed by atoms with Crippen LogP contribution in [0.15, 0.2) is 29.2 Å². The maximum Gasteiger partial charge on any atom is 0.151 e. The number of sulfone groups is 1. The van der Waals surface area contributed by atoms with Gasteiger partial charge in [0.25, 0.3) is 0 Å². The van der Waals surface area contributed by atoms with Crippen LogP contribution in [0.1, 0.15) is 38.3 Å². The van der Waals surface area contributed by atoms with Gasteiger partial charge in [-0.25, -0.2) is 8.42 Å². The second-order valence-corrected chi connectivity index (χ2v) is 8.99. The van der Waals surface area contributed by atoms with Crippen LogP contribution in [0.25, 0.3) is 0 Å². The zero-order chi connectivity index (χ0) is 14.6.